The molecule has 0 radical (unpaired) electrons. The summed E-state index contributed by atoms with van der Waals surface area (Å²) in [5.41, 5.74) is 1.65. The number of cyclic esters (lactones) is 1. The Labute approximate surface area is 252 Å². The highest BCUT2D eigenvalue weighted by atomic mass is 79.9. The van der Waals surface area contributed by atoms with Crippen LogP contribution in [0.1, 0.15) is 30.0 Å². The third kappa shape index (κ3) is 7.70. The number of amides is 2. The first kappa shape index (κ1) is 32.0. The summed E-state index contributed by atoms with van der Waals surface area (Å²) >= 11 is 3.21. The molecule has 2 aliphatic heterocycles. The van der Waals surface area contributed by atoms with Gasteiger partial charge in [-0.15, -0.1) is 0 Å². The maximum Gasteiger partial charge on any atom is 0.417 e. The predicted octanol–water partition coefficient (Wildman–Crippen LogP) is 3.03. The van der Waals surface area contributed by atoms with Crippen molar-refractivity contribution in [1.82, 2.24) is 4.90 Å². The molecule has 0 spiro atoms. The second-order valence-electron chi connectivity index (χ2n) is 9.87. The summed E-state index contributed by atoms with van der Waals surface area (Å²) in [5.74, 6) is -3.40. The van der Waals surface area contributed by atoms with Crippen molar-refractivity contribution in [2.75, 3.05) is 33.5 Å². The van der Waals surface area contributed by atoms with Gasteiger partial charge in [0.25, 0.3) is 5.91 Å². The number of nitrogens with zero attached hydrogens (tertiary/aromatic N) is 1. The van der Waals surface area contributed by atoms with Crippen LogP contribution in [-0.2, 0) is 39.9 Å². The Morgan fingerprint density at radius 1 is 1.14 bits per heavy atom. The molecule has 12 heteroatoms. The van der Waals surface area contributed by atoms with Crippen LogP contribution in [0.3, 0.4) is 0 Å². The van der Waals surface area contributed by atoms with Gasteiger partial charge in [-0.05, 0) is 39.6 Å². The SMILES string of the molecule is CO[C@@H](C(=O)N1C(=O)OC[C@H]1c1ccccc1)[C@H]1O[C@@](O)(CCCOC[C@@H](CO)OCc2ccccc2)C(Br)=CC1=O. The van der Waals surface area contributed by atoms with E-state index in [4.69, 9.17) is 23.7 Å². The van der Waals surface area contributed by atoms with Crippen LogP contribution >= 0.6 is 15.9 Å². The maximum atomic E-state index is 13.5. The van der Waals surface area contributed by atoms with Gasteiger partial charge in [-0.25, -0.2) is 9.69 Å². The van der Waals surface area contributed by atoms with Gasteiger partial charge in [-0.1, -0.05) is 60.7 Å². The number of halogens is 1. The molecule has 42 heavy (non-hydrogen) atoms. The topological polar surface area (TPSA) is 141 Å². The van der Waals surface area contributed by atoms with Crippen LogP contribution in [0.25, 0.3) is 0 Å². The number of hydrogen-bond donors (Lipinski definition) is 2. The van der Waals surface area contributed by atoms with Gasteiger partial charge in [0.2, 0.25) is 0 Å². The summed E-state index contributed by atoms with van der Waals surface area (Å²) < 4.78 is 27.7. The van der Waals surface area contributed by atoms with E-state index in [0.29, 0.717) is 18.6 Å². The van der Waals surface area contributed by atoms with Gasteiger partial charge in [0.05, 0.1) is 24.3 Å². The monoisotopic (exact) mass is 647 g/mol. The van der Waals surface area contributed by atoms with Crippen molar-refractivity contribution in [3.8, 4) is 0 Å². The number of hydrogen-bond acceptors (Lipinski definition) is 10. The molecule has 1 saturated heterocycles. The average molecular weight is 649 g/mol. The summed E-state index contributed by atoms with van der Waals surface area (Å²) in [7, 11) is 1.22. The van der Waals surface area contributed by atoms with Crippen LogP contribution in [0.2, 0.25) is 0 Å². The number of aliphatic hydroxyl groups excluding tert-OH is 1. The number of methoxy groups -OCH3 is 1. The number of carbonyl (C=O) groups is 3. The molecule has 226 valence electrons. The fourth-order valence-corrected chi connectivity index (χ4v) is 5.20. The van der Waals surface area contributed by atoms with Gasteiger partial charge in [0.1, 0.15) is 18.8 Å². The first-order chi connectivity index (χ1) is 20.3. The van der Waals surface area contributed by atoms with Crippen molar-refractivity contribution in [3.05, 3.63) is 82.3 Å². The molecule has 0 saturated carbocycles. The number of rotatable bonds is 14. The fourth-order valence-electron chi connectivity index (χ4n) is 4.68. The van der Waals surface area contributed by atoms with Crippen molar-refractivity contribution in [2.45, 2.75) is 49.6 Å². The largest absolute Gasteiger partial charge is 0.446 e. The molecule has 2 N–H and O–H groups in total. The number of ether oxygens (including phenoxy) is 5. The van der Waals surface area contributed by atoms with Crippen molar-refractivity contribution in [1.29, 1.82) is 0 Å². The van der Waals surface area contributed by atoms with Crippen LogP contribution in [-0.4, -0.2) is 90.5 Å². The fraction of sp³-hybridized carbons (Fsp3) is 0.433. The van der Waals surface area contributed by atoms with E-state index in [0.717, 1.165) is 16.5 Å². The molecule has 0 unspecified atom stereocenters. The highest BCUT2D eigenvalue weighted by molar-refractivity contribution is 9.11. The molecule has 2 heterocycles. The summed E-state index contributed by atoms with van der Waals surface area (Å²) in [6, 6.07) is 17.7. The van der Waals surface area contributed by atoms with Gasteiger partial charge in [0.15, 0.2) is 23.8 Å². The summed E-state index contributed by atoms with van der Waals surface area (Å²) in [6.07, 6.45) is -2.99. The van der Waals surface area contributed by atoms with E-state index < -0.39 is 47.9 Å². The number of ketones is 1. The minimum Gasteiger partial charge on any atom is -0.446 e. The van der Waals surface area contributed by atoms with Crippen LogP contribution < -0.4 is 0 Å². The first-order valence-corrected chi connectivity index (χ1v) is 14.3. The second-order valence-corrected chi connectivity index (χ2v) is 10.7. The van der Waals surface area contributed by atoms with Crippen molar-refractivity contribution >= 4 is 33.7 Å². The lowest BCUT2D eigenvalue weighted by Crippen LogP contribution is -2.55. The third-order valence-corrected chi connectivity index (χ3v) is 7.80. The minimum absolute atomic E-state index is 0.00550. The number of aliphatic hydroxyl groups is 2. The van der Waals surface area contributed by atoms with E-state index in [9.17, 15) is 24.6 Å². The average Bonchev–Trinajstić information content (AvgIpc) is 3.39. The first-order valence-electron chi connectivity index (χ1n) is 13.5. The zero-order valence-electron chi connectivity index (χ0n) is 23.1. The summed E-state index contributed by atoms with van der Waals surface area (Å²) in [5, 5.41) is 20.9. The lowest BCUT2D eigenvalue weighted by Gasteiger charge is -2.38. The Morgan fingerprint density at radius 2 is 1.83 bits per heavy atom. The Balaban J connectivity index is 1.34. The molecule has 2 amide bonds. The maximum absolute atomic E-state index is 13.5. The molecule has 0 bridgehead atoms. The summed E-state index contributed by atoms with van der Waals surface area (Å²) in [4.78, 5) is 39.9. The molecular weight excluding hydrogens is 614 g/mol. The molecule has 2 aromatic rings. The molecule has 4 rings (SSSR count). The highest BCUT2D eigenvalue weighted by Gasteiger charge is 2.50. The smallest absolute Gasteiger partial charge is 0.417 e. The van der Waals surface area contributed by atoms with Gasteiger partial charge in [-0.2, -0.15) is 0 Å². The molecular formula is C30H34BrNO10. The van der Waals surface area contributed by atoms with E-state index >= 15 is 0 Å². The van der Waals surface area contributed by atoms with Crippen LogP contribution in [0.15, 0.2) is 71.2 Å². The molecule has 0 aromatic heterocycles. The van der Waals surface area contributed by atoms with E-state index in [-0.39, 0.29) is 37.3 Å². The molecule has 5 atom stereocenters. The quantitative estimate of drug-likeness (QED) is 0.294. The molecule has 11 nitrogen and oxygen atoms in total. The molecule has 2 aliphatic rings. The van der Waals surface area contributed by atoms with Gasteiger partial charge in [0, 0.05) is 20.1 Å². The van der Waals surface area contributed by atoms with Gasteiger partial charge >= 0.3 is 6.09 Å². The standard InChI is InChI=1S/C30H34BrNO10/c1-38-27(28(35)32-23(19-41-29(32)36)21-11-6-3-7-12-21)26-24(34)15-25(31)30(37,42-26)13-8-14-39-18-22(16-33)40-17-20-9-4-2-5-10-20/h2-7,9-12,15,22-23,26-27,33,37H,8,13-14,16-19H2,1H3/t22-,23+,26+,27-,30+/m1/s1. The predicted molar refractivity (Wildman–Crippen MR) is 152 cm³/mol. The third-order valence-electron chi connectivity index (χ3n) is 6.95. The lowest BCUT2D eigenvalue weighted by atomic mass is 9.99. The van der Waals surface area contributed by atoms with Crippen molar-refractivity contribution < 1.29 is 48.3 Å². The Kier molecular flexibility index (Phi) is 11.4. The normalized spacial score (nSPS) is 23.8. The Morgan fingerprint density at radius 3 is 2.50 bits per heavy atom. The molecule has 0 aliphatic carbocycles. The zero-order valence-corrected chi connectivity index (χ0v) is 24.7. The van der Waals surface area contributed by atoms with Crippen LogP contribution in [0.4, 0.5) is 4.79 Å². The summed E-state index contributed by atoms with van der Waals surface area (Å²) in [6.45, 7) is 0.390. The van der Waals surface area contributed by atoms with E-state index in [1.54, 1.807) is 30.3 Å². The minimum atomic E-state index is -1.95. The van der Waals surface area contributed by atoms with E-state index in [1.165, 1.54) is 7.11 Å². The number of benzene rings is 2. The Bertz CT molecular complexity index is 1240. The zero-order chi connectivity index (χ0) is 30.1. The van der Waals surface area contributed by atoms with Crippen LogP contribution in [0.5, 0.6) is 0 Å². The highest BCUT2D eigenvalue weighted by Crippen LogP contribution is 2.37. The van der Waals surface area contributed by atoms with E-state index in [1.807, 2.05) is 30.3 Å². The van der Waals surface area contributed by atoms with Crippen molar-refractivity contribution in [3.63, 3.8) is 0 Å². The van der Waals surface area contributed by atoms with Crippen LogP contribution in [0, 0.1) is 0 Å². The van der Waals surface area contributed by atoms with Crippen molar-refractivity contribution in [2.24, 2.45) is 0 Å². The van der Waals surface area contributed by atoms with Gasteiger partial charge < -0.3 is 33.9 Å². The van der Waals surface area contributed by atoms with Gasteiger partial charge in [-0.3, -0.25) is 9.59 Å². The second kappa shape index (κ2) is 15.0. The lowest BCUT2D eigenvalue weighted by molar-refractivity contribution is -0.227. The Hall–Kier alpha value is -2.97. The molecule has 2 aromatic carbocycles. The van der Waals surface area contributed by atoms with E-state index in [2.05, 4.69) is 15.9 Å². The molecule has 1 fully saturated rings. The number of imide groups is 1. The number of carbonyl (C=O) groups excluding carboxylic acids is 3.